The van der Waals surface area contributed by atoms with Crippen molar-refractivity contribution in [2.24, 2.45) is 5.73 Å². The molecule has 14 heteroatoms. The number of aromatic nitrogens is 2. The predicted octanol–water partition coefficient (Wildman–Crippen LogP) is 4.61. The number of ketones is 1. The number of hydrogen-bond acceptors (Lipinski definition) is 13. The Balaban J connectivity index is 1.43. The number of ether oxygens (including phenoxy) is 4. The second-order valence-electron chi connectivity index (χ2n) is 9.68. The fourth-order valence-electron chi connectivity index (χ4n) is 5.25. The summed E-state index contributed by atoms with van der Waals surface area (Å²) < 4.78 is 22.1. The lowest BCUT2D eigenvalue weighted by Crippen LogP contribution is -2.38. The first kappa shape index (κ1) is 30.7. The highest BCUT2D eigenvalue weighted by Gasteiger charge is 2.42. The number of nitrogens with one attached hydrogen (secondary N) is 1. The summed E-state index contributed by atoms with van der Waals surface area (Å²) in [5.74, 6) is 1.29. The molecule has 0 spiro atoms. The zero-order valence-electron chi connectivity index (χ0n) is 24.5. The molecule has 0 saturated carbocycles. The van der Waals surface area contributed by atoms with Crippen molar-refractivity contribution in [1.82, 2.24) is 10.2 Å². The predicted molar refractivity (Wildman–Crippen MR) is 166 cm³/mol. The highest BCUT2D eigenvalue weighted by atomic mass is 32.2. The van der Waals surface area contributed by atoms with Gasteiger partial charge in [0.15, 0.2) is 10.1 Å². The Labute approximate surface area is 262 Å². The van der Waals surface area contributed by atoms with Crippen molar-refractivity contribution in [2.75, 3.05) is 44.4 Å². The second-order valence-corrected chi connectivity index (χ2v) is 11.9. The van der Waals surface area contributed by atoms with E-state index in [-0.39, 0.29) is 28.8 Å². The van der Waals surface area contributed by atoms with Gasteiger partial charge >= 0.3 is 0 Å². The van der Waals surface area contributed by atoms with Gasteiger partial charge in [-0.1, -0.05) is 23.1 Å². The summed E-state index contributed by atoms with van der Waals surface area (Å²) in [6, 6.07) is 12.6. The first-order valence-corrected chi connectivity index (χ1v) is 15.3. The molecule has 0 bridgehead atoms. The smallest absolute Gasteiger partial charge is 0.234 e. The molecule has 2 aromatic carbocycles. The number of nitrogens with two attached hydrogens (primary N) is 1. The van der Waals surface area contributed by atoms with Crippen molar-refractivity contribution in [3.05, 3.63) is 64.6 Å². The quantitative estimate of drug-likeness (QED) is 0.298. The number of carbonyl (C=O) groups excluding carboxylic acids is 2. The number of benzene rings is 2. The molecule has 2 aliphatic rings. The van der Waals surface area contributed by atoms with Gasteiger partial charge in [-0.2, -0.15) is 5.26 Å². The maximum Gasteiger partial charge on any atom is 0.234 e. The van der Waals surface area contributed by atoms with Gasteiger partial charge in [0, 0.05) is 29.3 Å². The molecule has 5 rings (SSSR count). The Bertz CT molecular complexity index is 1710. The number of thioether (sulfide) groups is 1. The van der Waals surface area contributed by atoms with Crippen LogP contribution in [0.2, 0.25) is 0 Å². The summed E-state index contributed by atoms with van der Waals surface area (Å²) in [6.07, 6.45) is 1.53. The number of nitrogens with zero attached hydrogens (tertiary/aromatic N) is 4. The third kappa shape index (κ3) is 5.88. The summed E-state index contributed by atoms with van der Waals surface area (Å²) in [6.45, 7) is 0. The topological polar surface area (TPSA) is 162 Å². The fraction of sp³-hybridized carbons (Fsp3) is 0.300. The van der Waals surface area contributed by atoms with Crippen LogP contribution in [0.25, 0.3) is 0 Å². The summed E-state index contributed by atoms with van der Waals surface area (Å²) in [4.78, 5) is 27.9. The molecule has 1 unspecified atom stereocenters. The largest absolute Gasteiger partial charge is 0.497 e. The normalized spacial score (nSPS) is 16.3. The maximum absolute atomic E-state index is 13.5. The van der Waals surface area contributed by atoms with Crippen molar-refractivity contribution in [3.8, 4) is 29.1 Å². The lowest BCUT2D eigenvalue weighted by atomic mass is 9.75. The standard InChI is InChI=1S/C30H30N6O6S2/c1-39-16-9-11-23(41-3)18(12-16)26-19(14-31)28(32)36(21-6-5-7-22(37)27(21)26)29-34-35-30(44-29)43-15-25(38)33-20-10-8-17(40-2)13-24(20)42-4/h8-13,26H,5-7,15,32H2,1-4H3,(H,33,38). The van der Waals surface area contributed by atoms with Crippen LogP contribution >= 0.6 is 23.1 Å². The van der Waals surface area contributed by atoms with Gasteiger partial charge in [0.05, 0.1) is 57.4 Å². The Hall–Kier alpha value is -4.74. The number of Topliss-reactive ketones (excluding diaryl/α,β-unsaturated/α-hetero) is 1. The minimum absolute atomic E-state index is 0.0583. The molecule has 228 valence electrons. The third-order valence-corrected chi connectivity index (χ3v) is 9.30. The van der Waals surface area contributed by atoms with Crippen LogP contribution in [0.1, 0.15) is 30.7 Å². The van der Waals surface area contributed by atoms with E-state index in [1.165, 1.54) is 37.3 Å². The third-order valence-electron chi connectivity index (χ3n) is 7.26. The number of nitriles is 1. The highest BCUT2D eigenvalue weighted by Crippen LogP contribution is 2.49. The summed E-state index contributed by atoms with van der Waals surface area (Å²) >= 11 is 2.42. The summed E-state index contributed by atoms with van der Waals surface area (Å²) in [5.41, 5.74) is 9.15. The van der Waals surface area contributed by atoms with Crippen LogP contribution in [-0.4, -0.2) is 56.1 Å². The zero-order valence-corrected chi connectivity index (χ0v) is 26.1. The molecule has 44 heavy (non-hydrogen) atoms. The van der Waals surface area contributed by atoms with Crippen LogP contribution in [0.5, 0.6) is 23.0 Å². The molecule has 1 aliphatic carbocycles. The molecule has 0 radical (unpaired) electrons. The SMILES string of the molecule is COc1ccc(NC(=O)CSc2nnc(N3C(N)=C(C#N)C(c4cc(OC)ccc4OC)C4=C3CCCC4=O)s2)c(OC)c1. The highest BCUT2D eigenvalue weighted by molar-refractivity contribution is 8.01. The summed E-state index contributed by atoms with van der Waals surface area (Å²) in [7, 11) is 6.14. The molecule has 3 N–H and O–H groups in total. The van der Waals surface area contributed by atoms with Gasteiger partial charge < -0.3 is 30.0 Å². The molecule has 1 amide bonds. The number of hydrogen-bond donors (Lipinski definition) is 2. The zero-order chi connectivity index (χ0) is 31.4. The van der Waals surface area contributed by atoms with Gasteiger partial charge in [-0.15, -0.1) is 10.2 Å². The summed E-state index contributed by atoms with van der Waals surface area (Å²) in [5, 5.41) is 22.2. The first-order valence-electron chi connectivity index (χ1n) is 13.5. The molecule has 12 nitrogen and oxygen atoms in total. The number of rotatable bonds is 10. The molecule has 1 aromatic heterocycles. The molecule has 0 fully saturated rings. The van der Waals surface area contributed by atoms with E-state index in [4.69, 9.17) is 24.7 Å². The van der Waals surface area contributed by atoms with Crippen LogP contribution in [0.3, 0.4) is 0 Å². The minimum Gasteiger partial charge on any atom is -0.497 e. The number of methoxy groups -OCH3 is 4. The van der Waals surface area contributed by atoms with Gasteiger partial charge in [0.1, 0.15) is 28.8 Å². The van der Waals surface area contributed by atoms with Crippen molar-refractivity contribution in [2.45, 2.75) is 29.5 Å². The van der Waals surface area contributed by atoms with E-state index in [0.29, 0.717) is 74.3 Å². The lowest BCUT2D eigenvalue weighted by molar-refractivity contribution is -0.116. The van der Waals surface area contributed by atoms with Gasteiger partial charge in [-0.3, -0.25) is 14.5 Å². The van der Waals surface area contributed by atoms with Gasteiger partial charge in [-0.05, 0) is 43.2 Å². The van der Waals surface area contributed by atoms with Gasteiger partial charge in [0.2, 0.25) is 11.0 Å². The van der Waals surface area contributed by atoms with E-state index in [9.17, 15) is 14.9 Å². The van der Waals surface area contributed by atoms with Crippen molar-refractivity contribution < 1.29 is 28.5 Å². The molecule has 0 saturated heterocycles. The van der Waals surface area contributed by atoms with E-state index in [2.05, 4.69) is 21.6 Å². The van der Waals surface area contributed by atoms with E-state index >= 15 is 0 Å². The van der Waals surface area contributed by atoms with Crippen molar-refractivity contribution in [3.63, 3.8) is 0 Å². The maximum atomic E-state index is 13.5. The molecular formula is C30H30N6O6S2. The van der Waals surface area contributed by atoms with E-state index < -0.39 is 5.92 Å². The second kappa shape index (κ2) is 13.3. The van der Waals surface area contributed by atoms with Gasteiger partial charge in [0.25, 0.3) is 0 Å². The minimum atomic E-state index is -0.732. The molecule has 1 atom stereocenters. The average Bonchev–Trinajstić information content (AvgIpc) is 3.51. The van der Waals surface area contributed by atoms with E-state index in [0.717, 1.165) is 0 Å². The van der Waals surface area contributed by atoms with Crippen LogP contribution in [-0.2, 0) is 9.59 Å². The van der Waals surface area contributed by atoms with Gasteiger partial charge in [-0.25, -0.2) is 0 Å². The number of amides is 1. The molecular weight excluding hydrogens is 605 g/mol. The molecule has 1 aliphatic heterocycles. The Kier molecular flexibility index (Phi) is 9.26. The van der Waals surface area contributed by atoms with Crippen LogP contribution < -0.4 is 34.9 Å². The average molecular weight is 635 g/mol. The number of allylic oxidation sites excluding steroid dienone is 3. The van der Waals surface area contributed by atoms with E-state index in [1.54, 1.807) is 55.5 Å². The Morgan fingerprint density at radius 1 is 1.07 bits per heavy atom. The van der Waals surface area contributed by atoms with Crippen LogP contribution in [0, 0.1) is 11.3 Å². The Morgan fingerprint density at radius 3 is 2.50 bits per heavy atom. The number of anilines is 2. The van der Waals surface area contributed by atoms with Crippen molar-refractivity contribution >= 4 is 45.6 Å². The number of carbonyl (C=O) groups is 2. The molecule has 3 aromatic rings. The first-order chi connectivity index (χ1) is 21.3. The van der Waals surface area contributed by atoms with E-state index in [1.807, 2.05) is 0 Å². The lowest BCUT2D eigenvalue weighted by Gasteiger charge is -2.38. The van der Waals surface area contributed by atoms with Crippen LogP contribution in [0.15, 0.2) is 63.4 Å². The molecule has 2 heterocycles. The van der Waals surface area contributed by atoms with Crippen LogP contribution in [0.4, 0.5) is 10.8 Å². The fourth-order valence-corrected chi connectivity index (χ4v) is 6.93. The van der Waals surface area contributed by atoms with Crippen molar-refractivity contribution in [1.29, 1.82) is 5.26 Å². The monoisotopic (exact) mass is 634 g/mol. The Morgan fingerprint density at radius 2 is 1.80 bits per heavy atom.